The molecule has 5 heteroatoms. The molecule has 1 N–H and O–H groups in total. The molecular formula is C21H21N3O2. The number of rotatable bonds is 4. The third kappa shape index (κ3) is 2.95. The van der Waals surface area contributed by atoms with E-state index in [1.807, 2.05) is 49.6 Å². The zero-order valence-corrected chi connectivity index (χ0v) is 14.7. The number of hydrogen-bond acceptors (Lipinski definition) is 4. The number of aromatic nitrogens is 2. The van der Waals surface area contributed by atoms with E-state index in [0.29, 0.717) is 6.42 Å². The van der Waals surface area contributed by atoms with E-state index in [9.17, 15) is 9.90 Å². The zero-order chi connectivity index (χ0) is 18.1. The molecule has 0 bridgehead atoms. The topological polar surface area (TPSA) is 66.3 Å². The van der Waals surface area contributed by atoms with Crippen LogP contribution in [0, 0.1) is 6.92 Å². The number of hydrogen-bond donors (Lipinski definition) is 1. The average Bonchev–Trinajstić information content (AvgIpc) is 3.13. The lowest BCUT2D eigenvalue weighted by Gasteiger charge is -2.32. The Labute approximate surface area is 152 Å². The number of pyridine rings is 2. The van der Waals surface area contributed by atoms with Crippen molar-refractivity contribution in [3.8, 4) is 0 Å². The number of carboxylic acids is 1. The summed E-state index contributed by atoms with van der Waals surface area (Å²) >= 11 is 0. The Kier molecular flexibility index (Phi) is 4.39. The number of para-hydroxylation sites is 1. The minimum Gasteiger partial charge on any atom is -0.480 e. The van der Waals surface area contributed by atoms with Crippen molar-refractivity contribution in [1.82, 2.24) is 14.9 Å². The van der Waals surface area contributed by atoms with E-state index in [1.54, 1.807) is 6.20 Å². The van der Waals surface area contributed by atoms with Crippen molar-refractivity contribution in [3.05, 3.63) is 71.7 Å². The van der Waals surface area contributed by atoms with Gasteiger partial charge in [-0.05, 0) is 54.7 Å². The summed E-state index contributed by atoms with van der Waals surface area (Å²) in [5, 5.41) is 10.8. The van der Waals surface area contributed by atoms with Crippen molar-refractivity contribution < 1.29 is 9.90 Å². The standard InChI is InChI=1S/C21H21N3O2/c1-14-12-22-9-8-17(14)20(24-10-4-7-19(24)21(25)26)16-11-15-5-2-3-6-18(15)23-13-16/h2-3,5-6,8-9,11-13,19-20H,4,7,10H2,1H3,(H,25,26). The Morgan fingerprint density at radius 2 is 2.12 bits per heavy atom. The number of fused-ring (bicyclic) bond motifs is 1. The molecule has 0 aliphatic carbocycles. The Morgan fingerprint density at radius 1 is 1.27 bits per heavy atom. The number of likely N-dealkylation sites (tertiary alicyclic amines) is 1. The first-order valence-electron chi connectivity index (χ1n) is 8.89. The van der Waals surface area contributed by atoms with Crippen molar-refractivity contribution in [2.24, 2.45) is 0 Å². The first-order valence-corrected chi connectivity index (χ1v) is 8.89. The molecule has 4 rings (SSSR count). The summed E-state index contributed by atoms with van der Waals surface area (Å²) in [5.41, 5.74) is 4.11. The maximum Gasteiger partial charge on any atom is 0.320 e. The quantitative estimate of drug-likeness (QED) is 0.781. The van der Waals surface area contributed by atoms with Crippen LogP contribution in [0.2, 0.25) is 0 Å². The first-order chi connectivity index (χ1) is 12.6. The normalized spacial score (nSPS) is 18.9. The van der Waals surface area contributed by atoms with Crippen molar-refractivity contribution in [3.63, 3.8) is 0 Å². The maximum atomic E-state index is 11.8. The van der Waals surface area contributed by atoms with Crippen LogP contribution in [0.5, 0.6) is 0 Å². The van der Waals surface area contributed by atoms with Gasteiger partial charge in [0.1, 0.15) is 6.04 Å². The summed E-state index contributed by atoms with van der Waals surface area (Å²) < 4.78 is 0. The molecule has 2 atom stereocenters. The molecule has 0 saturated carbocycles. The van der Waals surface area contributed by atoms with Gasteiger partial charge in [-0.15, -0.1) is 0 Å². The molecule has 5 nitrogen and oxygen atoms in total. The predicted molar refractivity (Wildman–Crippen MR) is 99.9 cm³/mol. The Bertz CT molecular complexity index is 957. The van der Waals surface area contributed by atoms with Gasteiger partial charge in [0.15, 0.2) is 0 Å². The largest absolute Gasteiger partial charge is 0.480 e. The SMILES string of the molecule is Cc1cnccc1C(c1cnc2ccccc2c1)N1CCCC1C(=O)O. The molecule has 1 aromatic carbocycles. The van der Waals surface area contributed by atoms with Gasteiger partial charge in [0.05, 0.1) is 11.6 Å². The second kappa shape index (κ2) is 6.84. The minimum atomic E-state index is -0.757. The van der Waals surface area contributed by atoms with Crippen LogP contribution >= 0.6 is 0 Å². The molecule has 1 saturated heterocycles. The van der Waals surface area contributed by atoms with E-state index in [2.05, 4.69) is 20.9 Å². The number of aryl methyl sites for hydroxylation is 1. The molecular weight excluding hydrogens is 326 g/mol. The van der Waals surface area contributed by atoms with Crippen LogP contribution in [0.4, 0.5) is 0 Å². The Balaban J connectivity index is 1.87. The maximum absolute atomic E-state index is 11.8. The Morgan fingerprint density at radius 3 is 2.92 bits per heavy atom. The van der Waals surface area contributed by atoms with E-state index in [1.165, 1.54) is 0 Å². The second-order valence-electron chi connectivity index (χ2n) is 6.83. The fraction of sp³-hybridized carbons (Fsp3) is 0.286. The molecule has 2 unspecified atom stereocenters. The number of nitrogens with zero attached hydrogens (tertiary/aromatic N) is 3. The third-order valence-corrected chi connectivity index (χ3v) is 5.20. The molecule has 3 aromatic rings. The van der Waals surface area contributed by atoms with Crippen molar-refractivity contribution in [2.45, 2.75) is 31.8 Å². The highest BCUT2D eigenvalue weighted by molar-refractivity contribution is 5.79. The van der Waals surface area contributed by atoms with E-state index < -0.39 is 12.0 Å². The van der Waals surface area contributed by atoms with Gasteiger partial charge in [0.2, 0.25) is 0 Å². The van der Waals surface area contributed by atoms with E-state index in [4.69, 9.17) is 0 Å². The molecule has 0 radical (unpaired) electrons. The molecule has 2 aromatic heterocycles. The van der Waals surface area contributed by atoms with Gasteiger partial charge >= 0.3 is 5.97 Å². The predicted octanol–water partition coefficient (Wildman–Crippen LogP) is 3.58. The van der Waals surface area contributed by atoms with E-state index in [-0.39, 0.29) is 6.04 Å². The fourth-order valence-electron chi connectivity index (χ4n) is 3.94. The van der Waals surface area contributed by atoms with Gasteiger partial charge in [0, 0.05) is 30.5 Å². The molecule has 1 fully saturated rings. The highest BCUT2D eigenvalue weighted by Crippen LogP contribution is 2.36. The van der Waals surface area contributed by atoms with Crippen LogP contribution < -0.4 is 0 Å². The van der Waals surface area contributed by atoms with Crippen LogP contribution in [-0.2, 0) is 4.79 Å². The number of carbonyl (C=O) groups is 1. The van der Waals surface area contributed by atoms with Crippen molar-refractivity contribution >= 4 is 16.9 Å². The summed E-state index contributed by atoms with van der Waals surface area (Å²) in [5.74, 6) is -0.757. The molecule has 26 heavy (non-hydrogen) atoms. The van der Waals surface area contributed by atoms with Gasteiger partial charge in [-0.1, -0.05) is 18.2 Å². The molecule has 3 heterocycles. The molecule has 0 spiro atoms. The number of carboxylic acid groups (broad SMARTS) is 1. The van der Waals surface area contributed by atoms with Gasteiger partial charge in [0.25, 0.3) is 0 Å². The highest BCUT2D eigenvalue weighted by atomic mass is 16.4. The monoisotopic (exact) mass is 347 g/mol. The number of aliphatic carboxylic acids is 1. The third-order valence-electron chi connectivity index (χ3n) is 5.20. The van der Waals surface area contributed by atoms with Crippen LogP contribution in [0.1, 0.15) is 35.6 Å². The van der Waals surface area contributed by atoms with Crippen LogP contribution in [0.3, 0.4) is 0 Å². The lowest BCUT2D eigenvalue weighted by atomic mass is 9.94. The van der Waals surface area contributed by atoms with Crippen LogP contribution in [0.15, 0.2) is 55.0 Å². The van der Waals surface area contributed by atoms with Gasteiger partial charge in [-0.3, -0.25) is 19.7 Å². The lowest BCUT2D eigenvalue weighted by molar-refractivity contribution is -0.142. The van der Waals surface area contributed by atoms with Gasteiger partial charge in [-0.2, -0.15) is 0 Å². The minimum absolute atomic E-state index is 0.140. The Hall–Kier alpha value is -2.79. The van der Waals surface area contributed by atoms with Gasteiger partial charge < -0.3 is 5.11 Å². The summed E-state index contributed by atoms with van der Waals surface area (Å²) in [6.07, 6.45) is 7.05. The zero-order valence-electron chi connectivity index (χ0n) is 14.7. The summed E-state index contributed by atoms with van der Waals surface area (Å²) in [4.78, 5) is 22.7. The van der Waals surface area contributed by atoms with Crippen molar-refractivity contribution in [1.29, 1.82) is 0 Å². The van der Waals surface area contributed by atoms with Crippen LogP contribution in [-0.4, -0.2) is 38.5 Å². The molecule has 132 valence electrons. The number of benzene rings is 1. The van der Waals surface area contributed by atoms with Crippen molar-refractivity contribution in [2.75, 3.05) is 6.54 Å². The lowest BCUT2D eigenvalue weighted by Crippen LogP contribution is -2.39. The van der Waals surface area contributed by atoms with E-state index in [0.717, 1.165) is 40.6 Å². The first kappa shape index (κ1) is 16.7. The molecule has 1 aliphatic heterocycles. The summed E-state index contributed by atoms with van der Waals surface area (Å²) in [6.45, 7) is 2.78. The van der Waals surface area contributed by atoms with E-state index >= 15 is 0 Å². The smallest absolute Gasteiger partial charge is 0.320 e. The highest BCUT2D eigenvalue weighted by Gasteiger charge is 2.37. The van der Waals surface area contributed by atoms with Gasteiger partial charge in [-0.25, -0.2) is 0 Å². The summed E-state index contributed by atoms with van der Waals surface area (Å²) in [6, 6.07) is 11.5. The molecule has 0 amide bonds. The summed E-state index contributed by atoms with van der Waals surface area (Å²) in [7, 11) is 0. The van der Waals surface area contributed by atoms with Crippen LogP contribution in [0.25, 0.3) is 10.9 Å². The molecule has 1 aliphatic rings. The fourth-order valence-corrected chi connectivity index (χ4v) is 3.94. The average molecular weight is 347 g/mol. The second-order valence-corrected chi connectivity index (χ2v) is 6.83.